The van der Waals surface area contributed by atoms with Gasteiger partial charge in [0.1, 0.15) is 0 Å². The van der Waals surface area contributed by atoms with Crippen molar-refractivity contribution in [2.24, 2.45) is 0 Å². The van der Waals surface area contributed by atoms with Crippen LogP contribution in [0.2, 0.25) is 0 Å². The molecule has 0 unspecified atom stereocenters. The van der Waals surface area contributed by atoms with Gasteiger partial charge in [-0.2, -0.15) is 0 Å². The molecule has 1 aliphatic heterocycles. The molecule has 0 radical (unpaired) electrons. The van der Waals surface area contributed by atoms with Crippen molar-refractivity contribution < 1.29 is 4.79 Å². The first-order valence-electron chi connectivity index (χ1n) is 11.9. The van der Waals surface area contributed by atoms with Crippen molar-refractivity contribution in [3.8, 4) is 11.3 Å². The highest BCUT2D eigenvalue weighted by Crippen LogP contribution is 2.27. The average Bonchev–Trinajstić information content (AvgIpc) is 3.36. The van der Waals surface area contributed by atoms with Gasteiger partial charge in [0.2, 0.25) is 5.91 Å². The minimum Gasteiger partial charge on any atom is -0.368 e. The summed E-state index contributed by atoms with van der Waals surface area (Å²) >= 11 is 0. The Bertz CT molecular complexity index is 1290. The topological polar surface area (TPSA) is 65.8 Å². The van der Waals surface area contributed by atoms with E-state index in [2.05, 4.69) is 82.0 Å². The number of carbonyl (C=O) groups excluding carboxylic acids is 1. The number of carbonyl (C=O) groups is 1. The van der Waals surface area contributed by atoms with Crippen molar-refractivity contribution in [3.63, 3.8) is 0 Å². The van der Waals surface area contributed by atoms with Crippen LogP contribution in [0.4, 0.5) is 17.2 Å². The van der Waals surface area contributed by atoms with Gasteiger partial charge in [-0.25, -0.2) is 9.97 Å². The van der Waals surface area contributed by atoms with Crippen LogP contribution in [0.3, 0.4) is 0 Å². The van der Waals surface area contributed by atoms with Gasteiger partial charge in [0.05, 0.1) is 11.9 Å². The minimum absolute atomic E-state index is 0.271. The number of nitrogens with zero attached hydrogens (tertiary/aromatic N) is 5. The number of amides is 1. The zero-order valence-corrected chi connectivity index (χ0v) is 19.7. The maximum Gasteiger partial charge on any atom is 0.222 e. The first-order chi connectivity index (χ1) is 16.6. The molecule has 5 rings (SSSR count). The van der Waals surface area contributed by atoms with E-state index in [9.17, 15) is 4.79 Å². The minimum atomic E-state index is 0.271. The summed E-state index contributed by atoms with van der Waals surface area (Å²) in [7, 11) is 0. The van der Waals surface area contributed by atoms with E-state index in [1.807, 2.05) is 17.3 Å². The van der Waals surface area contributed by atoms with Crippen molar-refractivity contribution in [2.45, 2.75) is 26.7 Å². The number of aromatic nitrogens is 3. The van der Waals surface area contributed by atoms with Crippen LogP contribution in [-0.2, 0) is 4.79 Å². The molecule has 3 heterocycles. The van der Waals surface area contributed by atoms with E-state index in [-0.39, 0.29) is 5.91 Å². The van der Waals surface area contributed by atoms with Gasteiger partial charge in [0.15, 0.2) is 11.5 Å². The molecule has 1 N–H and O–H groups in total. The quantitative estimate of drug-likeness (QED) is 0.449. The Morgan fingerprint density at radius 3 is 2.56 bits per heavy atom. The molecule has 7 nitrogen and oxygen atoms in total. The standard InChI is InChI=1S/C27H30N6O/c1-3-5-25(34)32-16-14-31(15-17-32)23-10-8-22(9-11-23)30-26-27-28-12-13-33(27)24(19-29-26)21-7-4-6-20(2)18-21/h4,6-13,18-19H,3,5,14-17H2,1-2H3,(H,29,30). The SMILES string of the molecule is CCCC(=O)N1CCN(c2ccc(Nc3ncc(-c4cccc(C)c4)n4ccnc34)cc2)CC1. The molecule has 0 aliphatic carbocycles. The third-order valence-electron chi connectivity index (χ3n) is 6.33. The Balaban J connectivity index is 1.29. The van der Waals surface area contributed by atoms with E-state index in [4.69, 9.17) is 4.98 Å². The fourth-order valence-electron chi connectivity index (χ4n) is 4.50. The van der Waals surface area contributed by atoms with Crippen molar-refractivity contribution >= 4 is 28.7 Å². The summed E-state index contributed by atoms with van der Waals surface area (Å²) in [5.41, 5.74) is 6.25. The predicted octanol–water partition coefficient (Wildman–Crippen LogP) is 4.90. The summed E-state index contributed by atoms with van der Waals surface area (Å²) in [6.45, 7) is 7.43. The molecule has 0 saturated carbocycles. The molecule has 0 bridgehead atoms. The number of rotatable bonds is 6. The van der Waals surface area contributed by atoms with Gasteiger partial charge in [0, 0.05) is 61.9 Å². The van der Waals surface area contributed by atoms with Crippen LogP contribution in [0.5, 0.6) is 0 Å². The lowest BCUT2D eigenvalue weighted by molar-refractivity contribution is -0.131. The average molecular weight is 455 g/mol. The number of hydrogen-bond acceptors (Lipinski definition) is 5. The van der Waals surface area contributed by atoms with E-state index in [0.717, 1.165) is 61.0 Å². The Morgan fingerprint density at radius 2 is 1.82 bits per heavy atom. The highest BCUT2D eigenvalue weighted by Gasteiger charge is 2.20. The molecule has 0 atom stereocenters. The number of piperazine rings is 1. The van der Waals surface area contributed by atoms with Gasteiger partial charge in [-0.3, -0.25) is 9.20 Å². The molecule has 1 saturated heterocycles. The maximum atomic E-state index is 12.1. The van der Waals surface area contributed by atoms with E-state index < -0.39 is 0 Å². The van der Waals surface area contributed by atoms with Crippen molar-refractivity contribution in [3.05, 3.63) is 72.7 Å². The molecule has 1 fully saturated rings. The summed E-state index contributed by atoms with van der Waals surface area (Å²) in [5.74, 6) is 0.991. The maximum absolute atomic E-state index is 12.1. The monoisotopic (exact) mass is 454 g/mol. The molecule has 2 aromatic carbocycles. The number of nitrogens with one attached hydrogen (secondary N) is 1. The van der Waals surface area contributed by atoms with Crippen LogP contribution in [0, 0.1) is 6.92 Å². The van der Waals surface area contributed by atoms with Crippen LogP contribution < -0.4 is 10.2 Å². The molecular weight excluding hydrogens is 424 g/mol. The second-order valence-corrected chi connectivity index (χ2v) is 8.77. The first kappa shape index (κ1) is 21.9. The normalized spacial score (nSPS) is 13.9. The number of anilines is 3. The molecule has 34 heavy (non-hydrogen) atoms. The summed E-state index contributed by atoms with van der Waals surface area (Å²) in [4.78, 5) is 25.7. The van der Waals surface area contributed by atoms with E-state index >= 15 is 0 Å². The van der Waals surface area contributed by atoms with Crippen molar-refractivity contribution in [2.75, 3.05) is 36.4 Å². The molecule has 4 aromatic rings. The number of fused-ring (bicyclic) bond motifs is 1. The lowest BCUT2D eigenvalue weighted by atomic mass is 10.1. The number of benzene rings is 2. The molecule has 0 spiro atoms. The second-order valence-electron chi connectivity index (χ2n) is 8.77. The summed E-state index contributed by atoms with van der Waals surface area (Å²) < 4.78 is 2.07. The van der Waals surface area contributed by atoms with Crippen LogP contribution in [-0.4, -0.2) is 51.4 Å². The third kappa shape index (κ3) is 4.46. The van der Waals surface area contributed by atoms with Gasteiger partial charge in [-0.1, -0.05) is 30.7 Å². The third-order valence-corrected chi connectivity index (χ3v) is 6.33. The molecule has 174 valence electrons. The number of imidazole rings is 1. The summed E-state index contributed by atoms with van der Waals surface area (Å²) in [5, 5.41) is 3.42. The zero-order valence-electron chi connectivity index (χ0n) is 19.7. The van der Waals surface area contributed by atoms with Crippen LogP contribution in [0.1, 0.15) is 25.3 Å². The molecule has 1 amide bonds. The van der Waals surface area contributed by atoms with Crippen LogP contribution >= 0.6 is 0 Å². The zero-order chi connectivity index (χ0) is 23.5. The Labute approximate surface area is 200 Å². The Morgan fingerprint density at radius 1 is 1.03 bits per heavy atom. The van der Waals surface area contributed by atoms with Crippen molar-refractivity contribution in [1.29, 1.82) is 0 Å². The summed E-state index contributed by atoms with van der Waals surface area (Å²) in [6, 6.07) is 16.8. The van der Waals surface area contributed by atoms with E-state index in [0.29, 0.717) is 6.42 Å². The lowest BCUT2D eigenvalue weighted by Crippen LogP contribution is -2.48. The second kappa shape index (κ2) is 9.55. The van der Waals surface area contributed by atoms with Gasteiger partial charge < -0.3 is 15.1 Å². The van der Waals surface area contributed by atoms with Crippen molar-refractivity contribution in [1.82, 2.24) is 19.3 Å². The van der Waals surface area contributed by atoms with E-state index in [1.54, 1.807) is 6.20 Å². The predicted molar refractivity (Wildman–Crippen MR) is 137 cm³/mol. The van der Waals surface area contributed by atoms with E-state index in [1.165, 1.54) is 11.3 Å². The van der Waals surface area contributed by atoms with Gasteiger partial charge in [0.25, 0.3) is 0 Å². The molecule has 1 aliphatic rings. The highest BCUT2D eigenvalue weighted by molar-refractivity contribution is 5.77. The Kier molecular flexibility index (Phi) is 6.16. The Hall–Kier alpha value is -3.87. The largest absolute Gasteiger partial charge is 0.368 e. The lowest BCUT2D eigenvalue weighted by Gasteiger charge is -2.36. The smallest absolute Gasteiger partial charge is 0.222 e. The van der Waals surface area contributed by atoms with Gasteiger partial charge in [-0.05, 0) is 43.7 Å². The molecule has 7 heteroatoms. The fraction of sp³-hybridized carbons (Fsp3) is 0.296. The highest BCUT2D eigenvalue weighted by atomic mass is 16.2. The van der Waals surface area contributed by atoms with Crippen LogP contribution in [0.15, 0.2) is 67.1 Å². The van der Waals surface area contributed by atoms with Gasteiger partial charge >= 0.3 is 0 Å². The van der Waals surface area contributed by atoms with Gasteiger partial charge in [-0.15, -0.1) is 0 Å². The molecule has 2 aromatic heterocycles. The van der Waals surface area contributed by atoms with Crippen LogP contribution in [0.25, 0.3) is 16.9 Å². The first-order valence-corrected chi connectivity index (χ1v) is 11.9. The summed E-state index contributed by atoms with van der Waals surface area (Å²) in [6.07, 6.45) is 7.20. The number of aryl methyl sites for hydroxylation is 1. The molecular formula is C27H30N6O. The fourth-order valence-corrected chi connectivity index (χ4v) is 4.50. The number of hydrogen-bond donors (Lipinski definition) is 1.